The highest BCUT2D eigenvalue weighted by molar-refractivity contribution is 5.93. The molecule has 0 aliphatic carbocycles. The van der Waals surface area contributed by atoms with E-state index in [1.807, 2.05) is 19.1 Å². The summed E-state index contributed by atoms with van der Waals surface area (Å²) in [5.41, 5.74) is 1.74. The molecule has 0 unspecified atom stereocenters. The summed E-state index contributed by atoms with van der Waals surface area (Å²) < 4.78 is 15.1. The number of methoxy groups -OCH3 is 1. The second-order valence-electron chi connectivity index (χ2n) is 4.86. The average Bonchev–Trinajstić information content (AvgIpc) is 2.56. The lowest BCUT2D eigenvalue weighted by Crippen LogP contribution is -2.11. The van der Waals surface area contributed by atoms with E-state index in [0.29, 0.717) is 23.5 Å². The fourth-order valence-electron chi connectivity index (χ4n) is 1.92. The Balaban J connectivity index is 1.99. The number of ether oxygens (including phenoxy) is 3. The maximum atomic E-state index is 12.1. The first-order valence-corrected chi connectivity index (χ1v) is 7.15. The molecule has 0 aromatic heterocycles. The Kier molecular flexibility index (Phi) is 5.88. The van der Waals surface area contributed by atoms with E-state index in [1.165, 1.54) is 7.11 Å². The van der Waals surface area contributed by atoms with E-state index in [9.17, 15) is 9.59 Å². The summed E-state index contributed by atoms with van der Waals surface area (Å²) in [6.45, 7) is 2.38. The summed E-state index contributed by atoms with van der Waals surface area (Å²) in [6.07, 6.45) is 0. The molecule has 0 aliphatic heterocycles. The molecule has 23 heavy (non-hydrogen) atoms. The van der Waals surface area contributed by atoms with Gasteiger partial charge >= 0.3 is 11.9 Å². The van der Waals surface area contributed by atoms with E-state index in [1.54, 1.807) is 36.4 Å². The number of rotatable bonds is 6. The third kappa shape index (κ3) is 4.66. The van der Waals surface area contributed by atoms with Crippen molar-refractivity contribution in [3.63, 3.8) is 0 Å². The Morgan fingerprint density at radius 1 is 0.913 bits per heavy atom. The van der Waals surface area contributed by atoms with E-state index in [-0.39, 0.29) is 6.61 Å². The van der Waals surface area contributed by atoms with Crippen molar-refractivity contribution in [2.75, 3.05) is 20.3 Å². The Bertz CT molecular complexity index is 676. The first-order chi connectivity index (χ1) is 11.1. The molecule has 2 aromatic carbocycles. The van der Waals surface area contributed by atoms with Crippen LogP contribution in [-0.4, -0.2) is 32.3 Å². The van der Waals surface area contributed by atoms with Gasteiger partial charge in [0, 0.05) is 7.11 Å². The minimum absolute atomic E-state index is 0.194. The molecule has 0 heterocycles. The van der Waals surface area contributed by atoms with E-state index in [2.05, 4.69) is 0 Å². The zero-order valence-electron chi connectivity index (χ0n) is 13.1. The predicted molar refractivity (Wildman–Crippen MR) is 84.7 cm³/mol. The molecule has 0 bridgehead atoms. The van der Waals surface area contributed by atoms with Crippen molar-refractivity contribution in [3.8, 4) is 5.75 Å². The van der Waals surface area contributed by atoms with Crippen molar-refractivity contribution >= 4 is 11.9 Å². The van der Waals surface area contributed by atoms with Gasteiger partial charge in [0.15, 0.2) is 0 Å². The summed E-state index contributed by atoms with van der Waals surface area (Å²) in [6, 6.07) is 13.4. The van der Waals surface area contributed by atoms with Gasteiger partial charge in [0.05, 0.1) is 17.7 Å². The van der Waals surface area contributed by atoms with Crippen molar-refractivity contribution in [2.24, 2.45) is 0 Å². The molecule has 5 heteroatoms. The van der Waals surface area contributed by atoms with Gasteiger partial charge < -0.3 is 14.2 Å². The first kappa shape index (κ1) is 16.7. The molecule has 0 spiro atoms. The second-order valence-corrected chi connectivity index (χ2v) is 4.86. The molecule has 0 aliphatic rings. The highest BCUT2D eigenvalue weighted by Gasteiger charge is 2.12. The van der Waals surface area contributed by atoms with Gasteiger partial charge in [-0.2, -0.15) is 0 Å². The van der Waals surface area contributed by atoms with Crippen LogP contribution >= 0.6 is 0 Å². The van der Waals surface area contributed by atoms with Crippen LogP contribution in [0.2, 0.25) is 0 Å². The molecular weight excluding hydrogens is 296 g/mol. The summed E-state index contributed by atoms with van der Waals surface area (Å²) in [5, 5.41) is 0. The third-order valence-corrected chi connectivity index (χ3v) is 3.19. The Morgan fingerprint density at radius 3 is 2.26 bits per heavy atom. The van der Waals surface area contributed by atoms with Crippen molar-refractivity contribution < 1.29 is 23.8 Å². The van der Waals surface area contributed by atoms with Crippen LogP contribution in [0.3, 0.4) is 0 Å². The number of esters is 2. The van der Waals surface area contributed by atoms with Crippen LogP contribution < -0.4 is 4.74 Å². The molecule has 0 saturated heterocycles. The molecule has 120 valence electrons. The summed E-state index contributed by atoms with van der Waals surface area (Å²) in [4.78, 5) is 23.8. The molecule has 0 fully saturated rings. The van der Waals surface area contributed by atoms with Crippen molar-refractivity contribution in [2.45, 2.75) is 6.92 Å². The Morgan fingerprint density at radius 2 is 1.61 bits per heavy atom. The number of hydrogen-bond donors (Lipinski definition) is 0. The summed E-state index contributed by atoms with van der Waals surface area (Å²) in [5.74, 6) is -0.510. The number of carbonyl (C=O) groups excluding carboxylic acids is 2. The average molecular weight is 314 g/mol. The van der Waals surface area contributed by atoms with Crippen molar-refractivity contribution in [1.29, 1.82) is 0 Å². The second kappa shape index (κ2) is 8.10. The molecule has 0 atom stereocenters. The molecule has 0 saturated carbocycles. The number of aryl methyl sites for hydroxylation is 1. The SMILES string of the molecule is COCCOC(=O)c1ccc(OC(=O)c2ccccc2C)cc1. The van der Waals surface area contributed by atoms with Gasteiger partial charge in [-0.3, -0.25) is 0 Å². The van der Waals surface area contributed by atoms with E-state index in [0.717, 1.165) is 5.56 Å². The largest absolute Gasteiger partial charge is 0.460 e. The number of hydrogen-bond acceptors (Lipinski definition) is 5. The van der Waals surface area contributed by atoms with Gasteiger partial charge in [0.1, 0.15) is 12.4 Å². The van der Waals surface area contributed by atoms with Crippen LogP contribution in [0.25, 0.3) is 0 Å². The molecule has 0 radical (unpaired) electrons. The van der Waals surface area contributed by atoms with Gasteiger partial charge in [-0.05, 0) is 42.8 Å². The Hall–Kier alpha value is -2.66. The topological polar surface area (TPSA) is 61.8 Å². The molecule has 0 amide bonds. The fourth-order valence-corrected chi connectivity index (χ4v) is 1.92. The van der Waals surface area contributed by atoms with Crippen molar-refractivity contribution in [3.05, 3.63) is 65.2 Å². The van der Waals surface area contributed by atoms with Gasteiger partial charge in [0.25, 0.3) is 0 Å². The lowest BCUT2D eigenvalue weighted by atomic mass is 10.1. The van der Waals surface area contributed by atoms with Gasteiger partial charge in [-0.15, -0.1) is 0 Å². The highest BCUT2D eigenvalue weighted by atomic mass is 16.6. The summed E-state index contributed by atoms with van der Waals surface area (Å²) >= 11 is 0. The van der Waals surface area contributed by atoms with Gasteiger partial charge in [-0.1, -0.05) is 18.2 Å². The van der Waals surface area contributed by atoms with Crippen LogP contribution in [-0.2, 0) is 9.47 Å². The van der Waals surface area contributed by atoms with E-state index in [4.69, 9.17) is 14.2 Å². The molecule has 5 nitrogen and oxygen atoms in total. The summed E-state index contributed by atoms with van der Waals surface area (Å²) in [7, 11) is 1.53. The lowest BCUT2D eigenvalue weighted by molar-refractivity contribution is 0.0388. The zero-order chi connectivity index (χ0) is 16.7. The number of benzene rings is 2. The van der Waals surface area contributed by atoms with Crippen LogP contribution in [0.1, 0.15) is 26.3 Å². The number of carbonyl (C=O) groups is 2. The normalized spacial score (nSPS) is 10.2. The van der Waals surface area contributed by atoms with Gasteiger partial charge in [0.2, 0.25) is 0 Å². The van der Waals surface area contributed by atoms with E-state index < -0.39 is 11.9 Å². The highest BCUT2D eigenvalue weighted by Crippen LogP contribution is 2.16. The molecular formula is C18H18O5. The smallest absolute Gasteiger partial charge is 0.343 e. The molecule has 2 rings (SSSR count). The minimum Gasteiger partial charge on any atom is -0.460 e. The third-order valence-electron chi connectivity index (χ3n) is 3.19. The lowest BCUT2D eigenvalue weighted by Gasteiger charge is -2.07. The fraction of sp³-hybridized carbons (Fsp3) is 0.222. The molecule has 0 N–H and O–H groups in total. The maximum absolute atomic E-state index is 12.1. The monoisotopic (exact) mass is 314 g/mol. The quantitative estimate of drug-likeness (QED) is 0.466. The van der Waals surface area contributed by atoms with Crippen LogP contribution in [0.5, 0.6) is 5.75 Å². The first-order valence-electron chi connectivity index (χ1n) is 7.15. The minimum atomic E-state index is -0.446. The van der Waals surface area contributed by atoms with Crippen LogP contribution in [0.15, 0.2) is 48.5 Å². The van der Waals surface area contributed by atoms with Crippen molar-refractivity contribution in [1.82, 2.24) is 0 Å². The Labute approximate surface area is 134 Å². The maximum Gasteiger partial charge on any atom is 0.343 e. The standard InChI is InChI=1S/C18H18O5/c1-13-5-3-4-6-16(13)18(20)23-15-9-7-14(8-10-15)17(19)22-12-11-21-2/h3-10H,11-12H2,1-2H3. The molecule has 2 aromatic rings. The predicted octanol–water partition coefficient (Wildman–Crippen LogP) is 3.02. The zero-order valence-corrected chi connectivity index (χ0v) is 13.1. The van der Waals surface area contributed by atoms with Crippen LogP contribution in [0.4, 0.5) is 0 Å². The van der Waals surface area contributed by atoms with Gasteiger partial charge in [-0.25, -0.2) is 9.59 Å². The van der Waals surface area contributed by atoms with E-state index >= 15 is 0 Å². The van der Waals surface area contributed by atoms with Crippen LogP contribution in [0, 0.1) is 6.92 Å².